The van der Waals surface area contributed by atoms with E-state index in [1.165, 1.54) is 12.1 Å². The van der Waals surface area contributed by atoms with Gasteiger partial charge in [-0.3, -0.25) is 4.79 Å². The van der Waals surface area contributed by atoms with Gasteiger partial charge in [-0.25, -0.2) is 8.78 Å². The molecule has 27 heavy (non-hydrogen) atoms. The van der Waals surface area contributed by atoms with Gasteiger partial charge in [-0.2, -0.15) is 0 Å². The van der Waals surface area contributed by atoms with Crippen LogP contribution in [0.2, 0.25) is 0 Å². The molecule has 138 valence electrons. The summed E-state index contributed by atoms with van der Waals surface area (Å²) < 4.78 is 26.4. The molecule has 0 heterocycles. The molecular formula is C22H21F2N2O+. The third-order valence-corrected chi connectivity index (χ3v) is 4.41. The van der Waals surface area contributed by atoms with E-state index in [0.29, 0.717) is 5.56 Å². The van der Waals surface area contributed by atoms with E-state index in [2.05, 4.69) is 5.32 Å². The average Bonchev–Trinajstić information content (AvgIpc) is 2.69. The number of quaternary nitrogens is 1. The summed E-state index contributed by atoms with van der Waals surface area (Å²) in [5.41, 5.74) is 3.33. The summed E-state index contributed by atoms with van der Waals surface area (Å²) in [7, 11) is 0. The van der Waals surface area contributed by atoms with E-state index in [1.54, 1.807) is 5.32 Å². The first-order chi connectivity index (χ1) is 13.0. The molecule has 1 atom stereocenters. The molecule has 0 aromatic heterocycles. The normalized spacial score (nSPS) is 11.8. The number of carbonyl (C=O) groups is 1. The van der Waals surface area contributed by atoms with Crippen LogP contribution in [0.1, 0.15) is 18.5 Å². The molecule has 0 unspecified atom stereocenters. The Balaban J connectivity index is 1.64. The second-order valence-electron chi connectivity index (χ2n) is 6.36. The molecule has 5 heteroatoms. The number of nitrogens with two attached hydrogens (primary N) is 1. The minimum absolute atomic E-state index is 0.159. The third kappa shape index (κ3) is 4.77. The zero-order valence-corrected chi connectivity index (χ0v) is 15.0. The summed E-state index contributed by atoms with van der Waals surface area (Å²) in [6.45, 7) is 2.02. The Morgan fingerprint density at radius 1 is 0.963 bits per heavy atom. The molecule has 0 bridgehead atoms. The van der Waals surface area contributed by atoms with Gasteiger partial charge in [-0.1, -0.05) is 48.5 Å². The Morgan fingerprint density at radius 2 is 1.67 bits per heavy atom. The summed E-state index contributed by atoms with van der Waals surface area (Å²) in [6.07, 6.45) is 0. The Hall–Kier alpha value is -3.05. The Labute approximate surface area is 157 Å². The van der Waals surface area contributed by atoms with Gasteiger partial charge in [0.25, 0.3) is 5.91 Å². The van der Waals surface area contributed by atoms with Crippen molar-refractivity contribution in [1.82, 2.24) is 0 Å². The first-order valence-corrected chi connectivity index (χ1v) is 8.77. The highest BCUT2D eigenvalue weighted by molar-refractivity contribution is 5.95. The van der Waals surface area contributed by atoms with Crippen LogP contribution in [-0.2, 0) is 4.79 Å². The van der Waals surface area contributed by atoms with Gasteiger partial charge in [0.15, 0.2) is 18.2 Å². The molecular weight excluding hydrogens is 346 g/mol. The van der Waals surface area contributed by atoms with Crippen molar-refractivity contribution in [2.45, 2.75) is 13.0 Å². The molecule has 0 aliphatic heterocycles. The highest BCUT2D eigenvalue weighted by atomic mass is 19.2. The van der Waals surface area contributed by atoms with Gasteiger partial charge < -0.3 is 10.6 Å². The van der Waals surface area contributed by atoms with Crippen LogP contribution in [0.3, 0.4) is 0 Å². The van der Waals surface area contributed by atoms with Crippen LogP contribution in [-0.4, -0.2) is 12.5 Å². The number of hydrogen-bond donors (Lipinski definition) is 2. The van der Waals surface area contributed by atoms with E-state index in [9.17, 15) is 13.6 Å². The molecule has 0 radical (unpaired) electrons. The van der Waals surface area contributed by atoms with Crippen LogP contribution in [0.4, 0.5) is 14.5 Å². The third-order valence-electron chi connectivity index (χ3n) is 4.41. The number of benzene rings is 3. The van der Waals surface area contributed by atoms with Crippen LogP contribution in [0.15, 0.2) is 72.8 Å². The van der Waals surface area contributed by atoms with E-state index >= 15 is 0 Å². The Bertz CT molecular complexity index is 929. The Kier molecular flexibility index (Phi) is 5.94. The predicted octanol–water partition coefficient (Wildman–Crippen LogP) is 3.89. The molecule has 3 nitrogen and oxygen atoms in total. The van der Waals surface area contributed by atoms with Crippen molar-refractivity contribution < 1.29 is 18.9 Å². The summed E-state index contributed by atoms with van der Waals surface area (Å²) in [6, 6.07) is 21.1. The van der Waals surface area contributed by atoms with Crippen LogP contribution >= 0.6 is 0 Å². The van der Waals surface area contributed by atoms with E-state index < -0.39 is 11.6 Å². The SMILES string of the molecule is C[C@@H]([NH2+]CC(=O)Nc1ccccc1-c1ccccc1)c1ccc(F)c(F)c1. The van der Waals surface area contributed by atoms with Crippen molar-refractivity contribution in [3.63, 3.8) is 0 Å². The maximum absolute atomic E-state index is 13.4. The number of hydrogen-bond acceptors (Lipinski definition) is 1. The number of nitrogens with one attached hydrogen (secondary N) is 1. The van der Waals surface area contributed by atoms with Crippen molar-refractivity contribution in [3.05, 3.63) is 90.0 Å². The number of carbonyl (C=O) groups excluding carboxylic acids is 1. The lowest BCUT2D eigenvalue weighted by molar-refractivity contribution is -0.682. The lowest BCUT2D eigenvalue weighted by Crippen LogP contribution is -2.86. The van der Waals surface area contributed by atoms with Crippen molar-refractivity contribution >= 4 is 11.6 Å². The molecule has 3 aromatic rings. The topological polar surface area (TPSA) is 45.7 Å². The van der Waals surface area contributed by atoms with Crippen LogP contribution in [0, 0.1) is 11.6 Å². The summed E-state index contributed by atoms with van der Waals surface area (Å²) in [4.78, 5) is 12.4. The van der Waals surface area contributed by atoms with Crippen molar-refractivity contribution in [3.8, 4) is 11.1 Å². The summed E-state index contributed by atoms with van der Waals surface area (Å²) in [5, 5.41) is 4.72. The van der Waals surface area contributed by atoms with Crippen molar-refractivity contribution in [2.24, 2.45) is 0 Å². The zero-order chi connectivity index (χ0) is 19.2. The highest BCUT2D eigenvalue weighted by Gasteiger charge is 2.15. The number of anilines is 1. The van der Waals surface area contributed by atoms with E-state index in [4.69, 9.17) is 0 Å². The number of para-hydroxylation sites is 1. The van der Waals surface area contributed by atoms with Crippen LogP contribution < -0.4 is 10.6 Å². The smallest absolute Gasteiger partial charge is 0.279 e. The maximum Gasteiger partial charge on any atom is 0.279 e. The number of rotatable bonds is 6. The Morgan fingerprint density at radius 3 is 2.41 bits per heavy atom. The lowest BCUT2D eigenvalue weighted by Gasteiger charge is -2.13. The molecule has 0 aliphatic rings. The molecule has 3 aromatic carbocycles. The fraction of sp³-hybridized carbons (Fsp3) is 0.136. The van der Waals surface area contributed by atoms with E-state index in [-0.39, 0.29) is 18.5 Å². The van der Waals surface area contributed by atoms with Gasteiger partial charge in [0.2, 0.25) is 0 Å². The summed E-state index contributed by atoms with van der Waals surface area (Å²) >= 11 is 0. The molecule has 0 saturated carbocycles. The lowest BCUT2D eigenvalue weighted by atomic mass is 10.0. The quantitative estimate of drug-likeness (QED) is 0.682. The monoisotopic (exact) mass is 367 g/mol. The van der Waals surface area contributed by atoms with Crippen LogP contribution in [0.5, 0.6) is 0 Å². The molecule has 0 spiro atoms. The van der Waals surface area contributed by atoms with Gasteiger partial charge in [-0.15, -0.1) is 0 Å². The fourth-order valence-corrected chi connectivity index (χ4v) is 2.88. The van der Waals surface area contributed by atoms with Gasteiger partial charge in [-0.05, 0) is 36.8 Å². The molecule has 0 aliphatic carbocycles. The number of halogens is 2. The first kappa shape index (κ1) is 18.7. The highest BCUT2D eigenvalue weighted by Crippen LogP contribution is 2.27. The first-order valence-electron chi connectivity index (χ1n) is 8.77. The van der Waals surface area contributed by atoms with Gasteiger partial charge >= 0.3 is 0 Å². The average molecular weight is 367 g/mol. The van der Waals surface area contributed by atoms with Crippen molar-refractivity contribution in [2.75, 3.05) is 11.9 Å². The standard InChI is InChI=1S/C22H20F2N2O/c1-15(17-11-12-19(23)20(24)13-17)25-14-22(27)26-21-10-6-5-9-18(21)16-7-3-2-4-8-16/h2-13,15,25H,14H2,1H3,(H,26,27)/p+1/t15-/m1/s1. The van der Waals surface area contributed by atoms with Gasteiger partial charge in [0, 0.05) is 16.8 Å². The fourth-order valence-electron chi connectivity index (χ4n) is 2.88. The van der Waals surface area contributed by atoms with Gasteiger partial charge in [0.05, 0.1) is 0 Å². The summed E-state index contributed by atoms with van der Waals surface area (Å²) in [5.74, 6) is -1.91. The predicted molar refractivity (Wildman–Crippen MR) is 102 cm³/mol. The largest absolute Gasteiger partial charge is 0.333 e. The van der Waals surface area contributed by atoms with Crippen molar-refractivity contribution in [1.29, 1.82) is 0 Å². The van der Waals surface area contributed by atoms with Gasteiger partial charge in [0.1, 0.15) is 6.04 Å². The second kappa shape index (κ2) is 8.56. The molecule has 0 fully saturated rings. The minimum Gasteiger partial charge on any atom is -0.333 e. The molecule has 1 amide bonds. The van der Waals surface area contributed by atoms with E-state index in [0.717, 1.165) is 22.9 Å². The molecule has 0 saturated heterocycles. The van der Waals surface area contributed by atoms with Crippen LogP contribution in [0.25, 0.3) is 11.1 Å². The molecule has 3 rings (SSSR count). The molecule has 3 N–H and O–H groups in total. The minimum atomic E-state index is -0.881. The number of amides is 1. The van der Waals surface area contributed by atoms with E-state index in [1.807, 2.05) is 61.5 Å². The zero-order valence-electron chi connectivity index (χ0n) is 15.0. The second-order valence-corrected chi connectivity index (χ2v) is 6.36. The maximum atomic E-state index is 13.4.